The van der Waals surface area contributed by atoms with Gasteiger partial charge in [0.2, 0.25) is 0 Å². The molecule has 0 amide bonds. The number of hydrogen-bond donors (Lipinski definition) is 2. The fourth-order valence-corrected chi connectivity index (χ4v) is 2.50. The summed E-state index contributed by atoms with van der Waals surface area (Å²) in [6.45, 7) is 0.166. The van der Waals surface area contributed by atoms with Gasteiger partial charge in [-0.15, -0.1) is 0 Å². The van der Waals surface area contributed by atoms with E-state index in [2.05, 4.69) is 4.98 Å². The number of pyridine rings is 1. The van der Waals surface area contributed by atoms with Gasteiger partial charge in [0.25, 0.3) is 0 Å². The van der Waals surface area contributed by atoms with Crippen molar-refractivity contribution in [2.75, 3.05) is 6.61 Å². The van der Waals surface area contributed by atoms with Crippen LogP contribution in [0.2, 0.25) is 0 Å². The fraction of sp³-hybridized carbons (Fsp3) is 0.250. The first-order valence-corrected chi connectivity index (χ1v) is 6.55. The minimum atomic E-state index is -0.958. The highest BCUT2D eigenvalue weighted by Crippen LogP contribution is 2.47. The highest BCUT2D eigenvalue weighted by Gasteiger charge is 2.43. The fourth-order valence-electron chi connectivity index (χ4n) is 2.50. The van der Waals surface area contributed by atoms with Crippen LogP contribution in [0.25, 0.3) is 11.1 Å². The molecule has 4 heteroatoms. The molecule has 0 spiro atoms. The van der Waals surface area contributed by atoms with E-state index in [0.29, 0.717) is 5.56 Å². The summed E-state index contributed by atoms with van der Waals surface area (Å²) in [6.07, 6.45) is 5.07. The van der Waals surface area contributed by atoms with Gasteiger partial charge in [-0.05, 0) is 30.0 Å². The second-order valence-electron chi connectivity index (χ2n) is 5.24. The molecule has 0 unspecified atom stereocenters. The number of aliphatic hydroxyl groups is 1. The van der Waals surface area contributed by atoms with Crippen molar-refractivity contribution in [3.8, 4) is 11.1 Å². The Morgan fingerprint density at radius 1 is 1.20 bits per heavy atom. The molecule has 2 N–H and O–H groups in total. The Bertz CT molecular complexity index is 645. The highest BCUT2D eigenvalue weighted by atomic mass is 16.4. The van der Waals surface area contributed by atoms with Crippen LogP contribution < -0.4 is 0 Å². The van der Waals surface area contributed by atoms with Gasteiger partial charge in [-0.3, -0.25) is 4.98 Å². The van der Waals surface area contributed by atoms with E-state index in [1.54, 1.807) is 6.20 Å². The topological polar surface area (TPSA) is 70.4 Å². The van der Waals surface area contributed by atoms with E-state index in [1.165, 1.54) is 12.3 Å². The number of benzene rings is 1. The van der Waals surface area contributed by atoms with E-state index in [9.17, 15) is 15.0 Å². The number of aromatic nitrogens is 1. The van der Waals surface area contributed by atoms with Gasteiger partial charge in [0, 0.05) is 23.4 Å². The molecule has 1 aromatic carbocycles. The molecule has 1 aromatic heterocycles. The lowest BCUT2D eigenvalue weighted by atomic mass is 9.94. The Kier molecular flexibility index (Phi) is 3.03. The van der Waals surface area contributed by atoms with E-state index in [4.69, 9.17) is 0 Å². The number of aromatic carboxylic acids is 1. The molecule has 20 heavy (non-hydrogen) atoms. The molecule has 0 radical (unpaired) electrons. The zero-order valence-electron chi connectivity index (χ0n) is 10.9. The minimum Gasteiger partial charge on any atom is -0.478 e. The van der Waals surface area contributed by atoms with Crippen molar-refractivity contribution in [3.05, 3.63) is 53.9 Å². The Balaban J connectivity index is 1.98. The summed E-state index contributed by atoms with van der Waals surface area (Å²) in [4.78, 5) is 15.2. The number of carboxylic acids is 1. The summed E-state index contributed by atoms with van der Waals surface area (Å²) < 4.78 is 0. The van der Waals surface area contributed by atoms with Crippen molar-refractivity contribution in [2.45, 2.75) is 18.3 Å². The quantitative estimate of drug-likeness (QED) is 0.894. The SMILES string of the molecule is O=C(O)c1ccncc1-c1ccc(C2(CO)CC2)cc1. The lowest BCUT2D eigenvalue weighted by molar-refractivity contribution is 0.0697. The van der Waals surface area contributed by atoms with Crippen LogP contribution in [0, 0.1) is 0 Å². The maximum atomic E-state index is 11.2. The van der Waals surface area contributed by atoms with Crippen molar-refractivity contribution < 1.29 is 15.0 Å². The van der Waals surface area contributed by atoms with Crippen LogP contribution >= 0.6 is 0 Å². The zero-order valence-corrected chi connectivity index (χ0v) is 10.9. The lowest BCUT2D eigenvalue weighted by Gasteiger charge is -2.13. The molecule has 1 fully saturated rings. The molecule has 0 aliphatic heterocycles. The molecule has 0 bridgehead atoms. The largest absolute Gasteiger partial charge is 0.478 e. The zero-order chi connectivity index (χ0) is 14.2. The number of nitrogens with zero attached hydrogens (tertiary/aromatic N) is 1. The van der Waals surface area contributed by atoms with E-state index in [1.807, 2.05) is 24.3 Å². The van der Waals surface area contributed by atoms with Crippen molar-refractivity contribution in [1.82, 2.24) is 4.98 Å². The van der Waals surface area contributed by atoms with Gasteiger partial charge in [-0.1, -0.05) is 24.3 Å². The summed E-state index contributed by atoms with van der Waals surface area (Å²) in [5.41, 5.74) is 2.73. The number of carbonyl (C=O) groups is 1. The molecular weight excluding hydrogens is 254 g/mol. The van der Waals surface area contributed by atoms with E-state index < -0.39 is 5.97 Å². The highest BCUT2D eigenvalue weighted by molar-refractivity contribution is 5.95. The van der Waals surface area contributed by atoms with Crippen molar-refractivity contribution in [1.29, 1.82) is 0 Å². The van der Waals surface area contributed by atoms with Gasteiger partial charge < -0.3 is 10.2 Å². The predicted molar refractivity (Wildman–Crippen MR) is 74.6 cm³/mol. The van der Waals surface area contributed by atoms with Gasteiger partial charge in [-0.2, -0.15) is 0 Å². The summed E-state index contributed by atoms with van der Waals surface area (Å²) in [5, 5.41) is 18.6. The van der Waals surface area contributed by atoms with Crippen LogP contribution in [0.1, 0.15) is 28.8 Å². The molecule has 1 aliphatic rings. The molecule has 1 saturated carbocycles. The molecular formula is C16H15NO3. The first-order valence-electron chi connectivity index (χ1n) is 6.55. The van der Waals surface area contributed by atoms with E-state index in [0.717, 1.165) is 24.0 Å². The van der Waals surface area contributed by atoms with E-state index in [-0.39, 0.29) is 17.6 Å². The number of hydrogen-bond acceptors (Lipinski definition) is 3. The van der Waals surface area contributed by atoms with Crippen LogP contribution in [0.15, 0.2) is 42.7 Å². The van der Waals surface area contributed by atoms with Crippen LogP contribution in [0.4, 0.5) is 0 Å². The van der Waals surface area contributed by atoms with Crippen LogP contribution in [0.3, 0.4) is 0 Å². The first kappa shape index (κ1) is 12.8. The van der Waals surface area contributed by atoms with Crippen molar-refractivity contribution in [3.63, 3.8) is 0 Å². The van der Waals surface area contributed by atoms with Crippen molar-refractivity contribution >= 4 is 5.97 Å². The second-order valence-corrected chi connectivity index (χ2v) is 5.24. The Labute approximate surface area is 116 Å². The number of rotatable bonds is 4. The molecule has 102 valence electrons. The van der Waals surface area contributed by atoms with Crippen LogP contribution in [-0.4, -0.2) is 27.8 Å². The minimum absolute atomic E-state index is 0.0664. The Morgan fingerprint density at radius 2 is 1.90 bits per heavy atom. The van der Waals surface area contributed by atoms with E-state index >= 15 is 0 Å². The molecule has 0 saturated heterocycles. The Hall–Kier alpha value is -2.20. The third kappa shape index (κ3) is 2.08. The van der Waals surface area contributed by atoms with Gasteiger partial charge in [0.05, 0.1) is 12.2 Å². The van der Waals surface area contributed by atoms with Gasteiger partial charge in [0.15, 0.2) is 0 Å². The monoisotopic (exact) mass is 269 g/mol. The molecule has 3 rings (SSSR count). The summed E-state index contributed by atoms with van der Waals surface area (Å²) in [5.74, 6) is -0.958. The lowest BCUT2D eigenvalue weighted by Crippen LogP contribution is -2.11. The molecule has 4 nitrogen and oxygen atoms in total. The predicted octanol–water partition coefficient (Wildman–Crippen LogP) is 2.47. The summed E-state index contributed by atoms with van der Waals surface area (Å²) in [6, 6.07) is 9.24. The first-order chi connectivity index (χ1) is 9.66. The molecule has 1 heterocycles. The van der Waals surface area contributed by atoms with Gasteiger partial charge >= 0.3 is 5.97 Å². The third-order valence-corrected chi connectivity index (χ3v) is 4.02. The normalized spacial score (nSPS) is 15.8. The maximum Gasteiger partial charge on any atom is 0.336 e. The molecule has 2 aromatic rings. The standard InChI is InChI=1S/C16H15NO3/c18-10-16(6-7-16)12-3-1-11(2-4-12)14-9-17-8-5-13(14)15(19)20/h1-5,8-9,18H,6-7,10H2,(H,19,20). The number of carboxylic acid groups (broad SMARTS) is 1. The van der Waals surface area contributed by atoms with Crippen molar-refractivity contribution in [2.24, 2.45) is 0 Å². The Morgan fingerprint density at radius 3 is 2.45 bits per heavy atom. The average molecular weight is 269 g/mol. The summed E-state index contributed by atoms with van der Waals surface area (Å²) in [7, 11) is 0. The summed E-state index contributed by atoms with van der Waals surface area (Å²) >= 11 is 0. The third-order valence-electron chi connectivity index (χ3n) is 4.02. The average Bonchev–Trinajstić information content (AvgIpc) is 3.28. The van der Waals surface area contributed by atoms with Crippen LogP contribution in [0.5, 0.6) is 0 Å². The molecule has 1 aliphatic carbocycles. The van der Waals surface area contributed by atoms with Crippen LogP contribution in [-0.2, 0) is 5.41 Å². The van der Waals surface area contributed by atoms with Gasteiger partial charge in [-0.25, -0.2) is 4.79 Å². The molecule has 0 atom stereocenters. The second kappa shape index (κ2) is 4.72. The maximum absolute atomic E-state index is 11.2. The smallest absolute Gasteiger partial charge is 0.336 e. The number of aliphatic hydroxyl groups excluding tert-OH is 1. The van der Waals surface area contributed by atoms with Gasteiger partial charge in [0.1, 0.15) is 0 Å².